The number of hydrogen-bond acceptors (Lipinski definition) is 4. The Morgan fingerprint density at radius 1 is 1.59 bits per heavy atom. The number of ether oxygens (including phenoxy) is 1. The van der Waals surface area contributed by atoms with Crippen molar-refractivity contribution in [2.24, 2.45) is 0 Å². The highest BCUT2D eigenvalue weighted by atomic mass is 16.5. The molecule has 1 aliphatic rings. The molecule has 1 aromatic rings. The lowest BCUT2D eigenvalue weighted by atomic mass is 10.2. The van der Waals surface area contributed by atoms with Crippen molar-refractivity contribution in [3.63, 3.8) is 0 Å². The van der Waals surface area contributed by atoms with Crippen molar-refractivity contribution < 1.29 is 9.53 Å². The van der Waals surface area contributed by atoms with Crippen molar-refractivity contribution in [1.29, 1.82) is 0 Å². The Bertz CT molecular complexity index is 422. The van der Waals surface area contributed by atoms with Gasteiger partial charge < -0.3 is 15.4 Å². The number of amides is 1. The van der Waals surface area contributed by atoms with E-state index in [4.69, 9.17) is 10.5 Å². The lowest BCUT2D eigenvalue weighted by Crippen LogP contribution is -2.36. The van der Waals surface area contributed by atoms with Crippen LogP contribution in [0.15, 0.2) is 18.5 Å². The van der Waals surface area contributed by atoms with Gasteiger partial charge in [-0.3, -0.25) is 9.78 Å². The first-order valence-electron chi connectivity index (χ1n) is 5.72. The van der Waals surface area contributed by atoms with Gasteiger partial charge >= 0.3 is 0 Å². The summed E-state index contributed by atoms with van der Waals surface area (Å²) in [6.45, 7) is 1.98. The summed E-state index contributed by atoms with van der Waals surface area (Å²) in [6.07, 6.45) is 4.67. The molecule has 5 nitrogen and oxygen atoms in total. The molecule has 0 aromatic carbocycles. The van der Waals surface area contributed by atoms with Crippen molar-refractivity contribution in [3.8, 4) is 0 Å². The topological polar surface area (TPSA) is 68.5 Å². The summed E-state index contributed by atoms with van der Waals surface area (Å²) < 4.78 is 5.56. The van der Waals surface area contributed by atoms with Gasteiger partial charge in [0.05, 0.1) is 23.7 Å². The molecule has 2 rings (SSSR count). The Labute approximate surface area is 101 Å². The smallest absolute Gasteiger partial charge is 0.255 e. The number of nitrogen functional groups attached to an aromatic ring is 1. The summed E-state index contributed by atoms with van der Waals surface area (Å²) in [7, 11) is 1.71. The highest BCUT2D eigenvalue weighted by Crippen LogP contribution is 2.25. The maximum absolute atomic E-state index is 12.2. The van der Waals surface area contributed by atoms with E-state index in [1.54, 1.807) is 24.2 Å². The minimum Gasteiger partial charge on any atom is -0.396 e. The first-order valence-corrected chi connectivity index (χ1v) is 5.72. The van der Waals surface area contributed by atoms with E-state index in [1.165, 1.54) is 6.20 Å². The summed E-state index contributed by atoms with van der Waals surface area (Å²) in [5.74, 6) is -0.0488. The molecule has 1 fully saturated rings. The predicted octanol–water partition coefficient (Wildman–Crippen LogP) is 1.19. The number of anilines is 2. The Balaban J connectivity index is 2.12. The number of carbonyl (C=O) groups excluding carboxylic acids is 1. The van der Waals surface area contributed by atoms with Crippen LogP contribution in [-0.2, 0) is 9.53 Å². The van der Waals surface area contributed by atoms with Gasteiger partial charge in [0, 0.05) is 13.2 Å². The Morgan fingerprint density at radius 2 is 2.35 bits per heavy atom. The van der Waals surface area contributed by atoms with E-state index in [9.17, 15) is 4.79 Å². The second-order valence-corrected chi connectivity index (χ2v) is 4.34. The van der Waals surface area contributed by atoms with Crippen LogP contribution in [0.5, 0.6) is 0 Å². The fourth-order valence-corrected chi connectivity index (χ4v) is 2.02. The SMILES string of the molecule is CC1CCC(C(=O)N(C)c2ccncc2N)O1. The van der Waals surface area contributed by atoms with Gasteiger partial charge in [0.15, 0.2) is 0 Å². The molecule has 0 radical (unpaired) electrons. The van der Waals surface area contributed by atoms with Gasteiger partial charge in [0.1, 0.15) is 6.10 Å². The van der Waals surface area contributed by atoms with E-state index in [0.29, 0.717) is 11.4 Å². The minimum absolute atomic E-state index is 0.0488. The van der Waals surface area contributed by atoms with Gasteiger partial charge in [-0.1, -0.05) is 0 Å². The number of carbonyl (C=O) groups is 1. The van der Waals surface area contributed by atoms with Crippen LogP contribution in [-0.4, -0.2) is 30.1 Å². The molecule has 2 N–H and O–H groups in total. The summed E-state index contributed by atoms with van der Waals surface area (Å²) in [4.78, 5) is 17.6. The third kappa shape index (κ3) is 2.39. The Hall–Kier alpha value is -1.62. The van der Waals surface area contributed by atoms with Crippen LogP contribution in [0.2, 0.25) is 0 Å². The quantitative estimate of drug-likeness (QED) is 0.836. The molecule has 1 aliphatic heterocycles. The Morgan fingerprint density at radius 3 is 2.94 bits per heavy atom. The third-order valence-corrected chi connectivity index (χ3v) is 3.03. The molecule has 0 spiro atoms. The van der Waals surface area contributed by atoms with Gasteiger partial charge in [0.25, 0.3) is 5.91 Å². The largest absolute Gasteiger partial charge is 0.396 e. The second kappa shape index (κ2) is 4.71. The van der Waals surface area contributed by atoms with Gasteiger partial charge in [-0.15, -0.1) is 0 Å². The molecule has 1 saturated heterocycles. The molecule has 1 amide bonds. The van der Waals surface area contributed by atoms with E-state index in [0.717, 1.165) is 12.8 Å². The standard InChI is InChI=1S/C12H17N3O2/c1-8-3-4-11(17-8)12(16)15(2)10-5-6-14-7-9(10)13/h5-8,11H,3-4,13H2,1-2H3. The van der Waals surface area contributed by atoms with Crippen molar-refractivity contribution in [3.05, 3.63) is 18.5 Å². The fourth-order valence-electron chi connectivity index (χ4n) is 2.02. The number of hydrogen-bond donors (Lipinski definition) is 1. The number of pyridine rings is 1. The van der Waals surface area contributed by atoms with Gasteiger partial charge in [-0.2, -0.15) is 0 Å². The molecule has 0 bridgehead atoms. The number of rotatable bonds is 2. The molecule has 92 valence electrons. The summed E-state index contributed by atoms with van der Waals surface area (Å²) in [6, 6.07) is 1.73. The van der Waals surface area contributed by atoms with Crippen molar-refractivity contribution in [1.82, 2.24) is 4.98 Å². The first-order chi connectivity index (χ1) is 8.09. The molecule has 1 aromatic heterocycles. The summed E-state index contributed by atoms with van der Waals surface area (Å²) in [5.41, 5.74) is 6.96. The van der Waals surface area contributed by atoms with Crippen molar-refractivity contribution >= 4 is 17.3 Å². The number of likely N-dealkylation sites (N-methyl/N-ethyl adjacent to an activating group) is 1. The summed E-state index contributed by atoms with van der Waals surface area (Å²) >= 11 is 0. The van der Waals surface area contributed by atoms with E-state index in [2.05, 4.69) is 4.98 Å². The van der Waals surface area contributed by atoms with Crippen LogP contribution in [0.25, 0.3) is 0 Å². The molecular weight excluding hydrogens is 218 g/mol. The van der Waals surface area contributed by atoms with Gasteiger partial charge in [-0.25, -0.2) is 0 Å². The molecule has 17 heavy (non-hydrogen) atoms. The van der Waals surface area contributed by atoms with Gasteiger partial charge in [-0.05, 0) is 25.8 Å². The lowest BCUT2D eigenvalue weighted by Gasteiger charge is -2.22. The zero-order valence-electron chi connectivity index (χ0n) is 10.1. The van der Waals surface area contributed by atoms with Crippen LogP contribution in [0.1, 0.15) is 19.8 Å². The van der Waals surface area contributed by atoms with E-state index >= 15 is 0 Å². The molecular formula is C12H17N3O2. The Kier molecular flexibility index (Phi) is 3.28. The number of nitrogens with zero attached hydrogens (tertiary/aromatic N) is 2. The second-order valence-electron chi connectivity index (χ2n) is 4.34. The number of nitrogens with two attached hydrogens (primary N) is 1. The normalized spacial score (nSPS) is 23.6. The average Bonchev–Trinajstić information content (AvgIpc) is 2.75. The predicted molar refractivity (Wildman–Crippen MR) is 65.6 cm³/mol. The lowest BCUT2D eigenvalue weighted by molar-refractivity contribution is -0.128. The van der Waals surface area contributed by atoms with Crippen LogP contribution in [0.3, 0.4) is 0 Å². The van der Waals surface area contributed by atoms with Crippen LogP contribution in [0.4, 0.5) is 11.4 Å². The maximum atomic E-state index is 12.2. The van der Waals surface area contributed by atoms with E-state index in [1.807, 2.05) is 6.92 Å². The average molecular weight is 235 g/mol. The molecule has 2 heterocycles. The van der Waals surface area contributed by atoms with Crippen LogP contribution < -0.4 is 10.6 Å². The third-order valence-electron chi connectivity index (χ3n) is 3.03. The minimum atomic E-state index is -0.345. The zero-order chi connectivity index (χ0) is 12.4. The number of aromatic nitrogens is 1. The first kappa shape index (κ1) is 11.9. The fraction of sp³-hybridized carbons (Fsp3) is 0.500. The van der Waals surface area contributed by atoms with E-state index < -0.39 is 0 Å². The molecule has 2 atom stereocenters. The molecule has 0 saturated carbocycles. The van der Waals surface area contributed by atoms with Crippen molar-refractivity contribution in [2.75, 3.05) is 17.7 Å². The highest BCUT2D eigenvalue weighted by Gasteiger charge is 2.31. The molecule has 2 unspecified atom stereocenters. The zero-order valence-corrected chi connectivity index (χ0v) is 10.1. The van der Waals surface area contributed by atoms with Crippen LogP contribution >= 0.6 is 0 Å². The van der Waals surface area contributed by atoms with Crippen LogP contribution in [0, 0.1) is 0 Å². The van der Waals surface area contributed by atoms with Gasteiger partial charge in [0.2, 0.25) is 0 Å². The van der Waals surface area contributed by atoms with Crippen molar-refractivity contribution in [2.45, 2.75) is 32.0 Å². The highest BCUT2D eigenvalue weighted by molar-refractivity contribution is 5.98. The molecule has 5 heteroatoms. The monoisotopic (exact) mass is 235 g/mol. The molecule has 0 aliphatic carbocycles. The van der Waals surface area contributed by atoms with E-state index in [-0.39, 0.29) is 18.1 Å². The maximum Gasteiger partial charge on any atom is 0.255 e. The summed E-state index contributed by atoms with van der Waals surface area (Å²) in [5, 5.41) is 0.